The number of fused-ring (bicyclic) bond motifs is 2. The van der Waals surface area contributed by atoms with Crippen LogP contribution in [0.5, 0.6) is 0 Å². The van der Waals surface area contributed by atoms with Gasteiger partial charge in [-0.3, -0.25) is 38.4 Å². The van der Waals surface area contributed by atoms with Crippen LogP contribution in [0.4, 0.5) is 0 Å². The van der Waals surface area contributed by atoms with Crippen molar-refractivity contribution in [2.75, 3.05) is 72.9 Å². The maximum atomic E-state index is 14.6. The molecule has 22 heteroatoms. The predicted molar refractivity (Wildman–Crippen MR) is 335 cm³/mol. The first-order valence-corrected chi connectivity index (χ1v) is 31.8. The summed E-state index contributed by atoms with van der Waals surface area (Å²) in [7, 11) is 1.69. The fourth-order valence-corrected chi connectivity index (χ4v) is 12.6. The van der Waals surface area contributed by atoms with Crippen LogP contribution in [0, 0.1) is 11.8 Å². The Hall–Kier alpha value is -7.60. The van der Waals surface area contributed by atoms with Crippen molar-refractivity contribution in [2.24, 2.45) is 11.8 Å². The van der Waals surface area contributed by atoms with Crippen molar-refractivity contribution < 1.29 is 52.6 Å². The van der Waals surface area contributed by atoms with Gasteiger partial charge in [0, 0.05) is 76.4 Å². The third-order valence-corrected chi connectivity index (χ3v) is 17.5. The second kappa shape index (κ2) is 35.6. The summed E-state index contributed by atoms with van der Waals surface area (Å²) in [6.07, 6.45) is 6.45. The molecule has 11 unspecified atom stereocenters. The van der Waals surface area contributed by atoms with Crippen LogP contribution in [-0.4, -0.2) is 173 Å². The minimum absolute atomic E-state index is 0.158. The molecule has 0 spiro atoms. The highest BCUT2D eigenvalue weighted by Crippen LogP contribution is 2.36. The molecule has 0 saturated carbocycles. The Morgan fingerprint density at radius 1 is 0.517 bits per heavy atom. The molecule has 0 bridgehead atoms. The van der Waals surface area contributed by atoms with E-state index in [-0.39, 0.29) is 54.1 Å². The van der Waals surface area contributed by atoms with E-state index >= 15 is 0 Å². The SMILES string of the molecule is CNC(C)C(=O)NC1C(=O)N2C(CCC1CNCc1ccccc1)CCC2C(=O)NC(C(=O)NCCCOCCOCCOCCCNC(=O)C(NC(=O)C1CCC2CCC(CNCc3ccccc3)C(NC=O)C(=O)N21)c1ccccc1)c1ccccc1. The molecule has 4 aromatic rings. The van der Waals surface area contributed by atoms with Gasteiger partial charge in [0.15, 0.2) is 0 Å². The molecular formula is C67H91N11O11. The van der Waals surface area contributed by atoms with Gasteiger partial charge in [-0.05, 0) is 100 Å². The van der Waals surface area contributed by atoms with E-state index in [0.29, 0.717) is 154 Å². The average Bonchev–Trinajstić information content (AvgIpc) is 2.22. The number of rotatable bonds is 35. The van der Waals surface area contributed by atoms with E-state index in [1.165, 1.54) is 0 Å². The zero-order chi connectivity index (χ0) is 62.7. The van der Waals surface area contributed by atoms with Gasteiger partial charge in [0.2, 0.25) is 47.8 Å². The van der Waals surface area contributed by atoms with E-state index < -0.39 is 60.0 Å². The average molecular weight is 1230 g/mol. The fourth-order valence-electron chi connectivity index (χ4n) is 12.6. The third-order valence-electron chi connectivity index (χ3n) is 17.5. The smallest absolute Gasteiger partial charge is 0.247 e. The van der Waals surface area contributed by atoms with Crippen molar-refractivity contribution in [3.63, 3.8) is 0 Å². The highest BCUT2D eigenvalue weighted by Gasteiger charge is 2.49. The van der Waals surface area contributed by atoms with Crippen molar-refractivity contribution in [2.45, 2.75) is 139 Å². The summed E-state index contributed by atoms with van der Waals surface area (Å²) >= 11 is 0. The van der Waals surface area contributed by atoms with Crippen LogP contribution >= 0.6 is 0 Å². The van der Waals surface area contributed by atoms with Crippen molar-refractivity contribution in [1.82, 2.24) is 57.7 Å². The summed E-state index contributed by atoms with van der Waals surface area (Å²) < 4.78 is 17.2. The molecule has 4 fully saturated rings. The number of ether oxygens (including phenoxy) is 3. The molecule has 89 heavy (non-hydrogen) atoms. The summed E-state index contributed by atoms with van der Waals surface area (Å²) in [4.78, 5) is 113. The third kappa shape index (κ3) is 19.4. The Kier molecular flexibility index (Phi) is 26.9. The Balaban J connectivity index is 0.711. The molecule has 8 amide bonds. The molecule has 0 aliphatic carbocycles. The number of hydrogen-bond donors (Lipinski definition) is 9. The molecule has 8 rings (SSSR count). The normalized spacial score (nSPS) is 22.5. The lowest BCUT2D eigenvalue weighted by Crippen LogP contribution is -2.59. The first-order valence-electron chi connectivity index (χ1n) is 31.8. The molecule has 4 aliphatic rings. The molecule has 0 aromatic heterocycles. The van der Waals surface area contributed by atoms with Crippen molar-refractivity contribution >= 4 is 47.8 Å². The lowest BCUT2D eigenvalue weighted by molar-refractivity contribution is -0.144. The molecule has 4 heterocycles. The van der Waals surface area contributed by atoms with Crippen molar-refractivity contribution in [3.8, 4) is 0 Å². The van der Waals surface area contributed by atoms with E-state index in [9.17, 15) is 38.4 Å². The van der Waals surface area contributed by atoms with E-state index in [2.05, 4.69) is 47.9 Å². The van der Waals surface area contributed by atoms with Crippen LogP contribution in [-0.2, 0) is 65.7 Å². The Morgan fingerprint density at radius 3 is 1.34 bits per heavy atom. The largest absolute Gasteiger partial charge is 0.379 e. The Morgan fingerprint density at radius 2 is 0.910 bits per heavy atom. The van der Waals surface area contributed by atoms with Crippen LogP contribution in [0.3, 0.4) is 0 Å². The number of likely N-dealkylation sites (N-methyl/N-ethyl adjacent to an activating group) is 1. The quantitative estimate of drug-likeness (QED) is 0.0237. The number of carbonyl (C=O) groups is 8. The van der Waals surface area contributed by atoms with Gasteiger partial charge in [-0.25, -0.2) is 0 Å². The summed E-state index contributed by atoms with van der Waals surface area (Å²) in [6, 6.07) is 31.8. The summed E-state index contributed by atoms with van der Waals surface area (Å²) in [5.41, 5.74) is 3.42. The predicted octanol–water partition coefficient (Wildman–Crippen LogP) is 3.09. The monoisotopic (exact) mass is 1230 g/mol. The number of amides is 8. The zero-order valence-electron chi connectivity index (χ0n) is 51.4. The van der Waals surface area contributed by atoms with Gasteiger partial charge >= 0.3 is 0 Å². The minimum atomic E-state index is -1.02. The number of carbonyl (C=O) groups excluding carboxylic acids is 8. The van der Waals surface area contributed by atoms with Gasteiger partial charge in [-0.1, -0.05) is 121 Å². The van der Waals surface area contributed by atoms with Crippen LogP contribution < -0.4 is 47.9 Å². The molecule has 4 saturated heterocycles. The van der Waals surface area contributed by atoms with Gasteiger partial charge in [0.25, 0.3) is 0 Å². The van der Waals surface area contributed by atoms with Crippen LogP contribution in [0.15, 0.2) is 121 Å². The first-order chi connectivity index (χ1) is 43.4. The number of nitrogens with one attached hydrogen (secondary N) is 9. The van der Waals surface area contributed by atoms with E-state index in [0.717, 1.165) is 11.1 Å². The molecular weight excluding hydrogens is 1130 g/mol. The first kappa shape index (κ1) is 67.3. The van der Waals surface area contributed by atoms with E-state index in [1.807, 2.05) is 72.8 Å². The van der Waals surface area contributed by atoms with Gasteiger partial charge in [-0.2, -0.15) is 0 Å². The Labute approximate surface area is 522 Å². The molecule has 4 aliphatic heterocycles. The van der Waals surface area contributed by atoms with Crippen LogP contribution in [0.1, 0.15) is 105 Å². The van der Waals surface area contributed by atoms with Crippen LogP contribution in [0.2, 0.25) is 0 Å². The highest BCUT2D eigenvalue weighted by molar-refractivity contribution is 5.97. The lowest BCUT2D eigenvalue weighted by Gasteiger charge is -2.33. The lowest BCUT2D eigenvalue weighted by atomic mass is 9.92. The minimum Gasteiger partial charge on any atom is -0.379 e. The second-order valence-electron chi connectivity index (χ2n) is 23.5. The topological polar surface area (TPSA) is 279 Å². The number of nitrogens with zero attached hydrogens (tertiary/aromatic N) is 2. The molecule has 22 nitrogen and oxygen atoms in total. The van der Waals surface area contributed by atoms with E-state index in [4.69, 9.17) is 14.2 Å². The molecule has 4 aromatic carbocycles. The number of benzene rings is 4. The summed E-state index contributed by atoms with van der Waals surface area (Å²) in [5.74, 6) is -2.89. The Bertz CT molecular complexity index is 2880. The van der Waals surface area contributed by atoms with Gasteiger partial charge in [0.05, 0.1) is 32.5 Å². The van der Waals surface area contributed by atoms with Gasteiger partial charge in [-0.15, -0.1) is 0 Å². The molecule has 9 N–H and O–H groups in total. The standard InChI is InChI=1S/C67H91N11O11/c1-46(68-2)61(80)76-60-52(44-70-42-48-19-9-4-10-20-48)26-28-54-30-32-56(78(54)67(60)86)63(82)75-58(50-23-13-6-14-24-50)65(84)72-34-16-36-88-38-40-89-39-37-87-35-15-33-71-64(83)57(49-21-11-5-12-22-49)74-62(81)55-31-29-53-27-25-51(59(73-45-79)66(85)77(53)55)43-69-41-47-17-7-3-8-18-47/h3-14,17-24,45-46,51-60,68-70H,15-16,25-44H2,1-2H3,(H,71,83)(H,72,84)(H,73,79)(H,74,81)(H,75,82)(H,76,80). The maximum Gasteiger partial charge on any atom is 0.247 e. The molecule has 480 valence electrons. The van der Waals surface area contributed by atoms with Gasteiger partial charge in [0.1, 0.15) is 36.3 Å². The fraction of sp³-hybridized carbons (Fsp3) is 0.522. The molecule has 0 radical (unpaired) electrons. The second-order valence-corrected chi connectivity index (χ2v) is 23.5. The maximum absolute atomic E-state index is 14.6. The van der Waals surface area contributed by atoms with Crippen molar-refractivity contribution in [3.05, 3.63) is 144 Å². The van der Waals surface area contributed by atoms with E-state index in [1.54, 1.807) is 72.3 Å². The highest BCUT2D eigenvalue weighted by atomic mass is 16.5. The molecule has 11 atom stereocenters. The summed E-state index contributed by atoms with van der Waals surface area (Å²) in [6.45, 7) is 6.57. The summed E-state index contributed by atoms with van der Waals surface area (Å²) in [5, 5.41) is 27.5. The van der Waals surface area contributed by atoms with Crippen molar-refractivity contribution in [1.29, 1.82) is 0 Å². The number of hydrogen-bond acceptors (Lipinski definition) is 14. The zero-order valence-corrected chi connectivity index (χ0v) is 51.4. The van der Waals surface area contributed by atoms with Gasteiger partial charge < -0.3 is 71.9 Å². The van der Waals surface area contributed by atoms with Crippen LogP contribution in [0.25, 0.3) is 0 Å².